The van der Waals surface area contributed by atoms with E-state index in [0.717, 1.165) is 31.1 Å². The molecular formula is C16H16F2N2O2. The first kappa shape index (κ1) is 13.8. The van der Waals surface area contributed by atoms with Crippen LogP contribution in [0.25, 0.3) is 10.9 Å². The quantitative estimate of drug-likeness (QED) is 0.811. The maximum atomic E-state index is 13.9. The van der Waals surface area contributed by atoms with Crippen LogP contribution in [0.15, 0.2) is 24.4 Å². The second kappa shape index (κ2) is 5.14. The number of anilines is 1. The minimum atomic E-state index is -0.642. The van der Waals surface area contributed by atoms with Gasteiger partial charge < -0.3 is 14.4 Å². The fourth-order valence-electron chi connectivity index (χ4n) is 3.37. The van der Waals surface area contributed by atoms with Crippen molar-refractivity contribution in [3.8, 4) is 0 Å². The summed E-state index contributed by atoms with van der Waals surface area (Å²) in [5.74, 6) is -1.82. The molecule has 2 aliphatic heterocycles. The van der Waals surface area contributed by atoms with E-state index >= 15 is 0 Å². The molecular weight excluding hydrogens is 290 g/mol. The van der Waals surface area contributed by atoms with Gasteiger partial charge >= 0.3 is 0 Å². The largest absolute Gasteiger partial charge is 0.366 e. The summed E-state index contributed by atoms with van der Waals surface area (Å²) in [6.45, 7) is 2.54. The van der Waals surface area contributed by atoms with Gasteiger partial charge in [-0.2, -0.15) is 0 Å². The van der Waals surface area contributed by atoms with Crippen LogP contribution in [-0.4, -0.2) is 37.1 Å². The molecule has 2 aromatic rings. The van der Waals surface area contributed by atoms with Crippen molar-refractivity contribution >= 4 is 16.6 Å². The summed E-state index contributed by atoms with van der Waals surface area (Å²) in [6.07, 6.45) is 3.30. The number of pyridine rings is 1. The Bertz CT molecular complexity index is 717. The first-order chi connectivity index (χ1) is 10.7. The van der Waals surface area contributed by atoms with E-state index in [1.54, 1.807) is 12.3 Å². The summed E-state index contributed by atoms with van der Waals surface area (Å²) in [6, 6.07) is 3.98. The van der Waals surface area contributed by atoms with Gasteiger partial charge in [-0.1, -0.05) is 0 Å². The van der Waals surface area contributed by atoms with Crippen LogP contribution in [-0.2, 0) is 9.47 Å². The highest BCUT2D eigenvalue weighted by molar-refractivity contribution is 5.92. The fraction of sp³-hybridized carbons (Fsp3) is 0.438. The second-order valence-electron chi connectivity index (χ2n) is 5.75. The molecule has 0 bridgehead atoms. The molecule has 0 unspecified atom stereocenters. The Kier molecular flexibility index (Phi) is 3.23. The van der Waals surface area contributed by atoms with E-state index in [1.165, 1.54) is 6.07 Å². The summed E-state index contributed by atoms with van der Waals surface area (Å²) in [7, 11) is 0. The molecule has 0 amide bonds. The molecule has 2 aliphatic rings. The Labute approximate surface area is 126 Å². The number of ether oxygens (including phenoxy) is 2. The average Bonchev–Trinajstić information content (AvgIpc) is 2.94. The third-order valence-electron chi connectivity index (χ3n) is 4.31. The number of piperidine rings is 1. The molecule has 2 fully saturated rings. The van der Waals surface area contributed by atoms with Gasteiger partial charge in [0.05, 0.1) is 19.8 Å². The number of rotatable bonds is 1. The standard InChI is InChI=1S/C16H16F2N2O2/c17-11-8-12-14(2-4-19-15(12)13(18)9-11)20-5-1-3-16(10-20)21-6-7-22-16/h2,4,8-9H,1,3,5-7,10H2. The van der Waals surface area contributed by atoms with Crippen molar-refractivity contribution in [2.24, 2.45) is 0 Å². The SMILES string of the molecule is Fc1cc(F)c2nccc(N3CCCC4(C3)OCCO4)c2c1. The van der Waals surface area contributed by atoms with Gasteiger partial charge in [-0.25, -0.2) is 8.78 Å². The summed E-state index contributed by atoms with van der Waals surface area (Å²) >= 11 is 0. The van der Waals surface area contributed by atoms with Crippen LogP contribution < -0.4 is 4.90 Å². The minimum Gasteiger partial charge on any atom is -0.366 e. The summed E-state index contributed by atoms with van der Waals surface area (Å²) in [4.78, 5) is 6.10. The van der Waals surface area contributed by atoms with E-state index in [4.69, 9.17) is 9.47 Å². The Morgan fingerprint density at radius 2 is 2.00 bits per heavy atom. The highest BCUT2D eigenvalue weighted by Crippen LogP contribution is 2.35. The van der Waals surface area contributed by atoms with Crippen LogP contribution in [0.3, 0.4) is 0 Å². The van der Waals surface area contributed by atoms with E-state index in [0.29, 0.717) is 25.1 Å². The summed E-state index contributed by atoms with van der Waals surface area (Å²) < 4.78 is 39.1. The number of aromatic nitrogens is 1. The van der Waals surface area contributed by atoms with E-state index in [1.807, 2.05) is 0 Å². The third kappa shape index (κ3) is 2.23. The van der Waals surface area contributed by atoms with Gasteiger partial charge in [0.25, 0.3) is 0 Å². The monoisotopic (exact) mass is 306 g/mol. The molecule has 1 aromatic heterocycles. The fourth-order valence-corrected chi connectivity index (χ4v) is 3.37. The lowest BCUT2D eigenvalue weighted by molar-refractivity contribution is -0.161. The van der Waals surface area contributed by atoms with Crippen LogP contribution in [0.2, 0.25) is 0 Å². The van der Waals surface area contributed by atoms with E-state index in [2.05, 4.69) is 9.88 Å². The lowest BCUT2D eigenvalue weighted by Gasteiger charge is -2.40. The zero-order valence-corrected chi connectivity index (χ0v) is 12.0. The molecule has 4 nitrogen and oxygen atoms in total. The van der Waals surface area contributed by atoms with Crippen molar-refractivity contribution in [3.05, 3.63) is 36.0 Å². The molecule has 0 saturated carbocycles. The van der Waals surface area contributed by atoms with E-state index in [9.17, 15) is 8.78 Å². The number of hydrogen-bond acceptors (Lipinski definition) is 4. The smallest absolute Gasteiger partial charge is 0.186 e. The molecule has 0 aliphatic carbocycles. The second-order valence-corrected chi connectivity index (χ2v) is 5.75. The number of benzene rings is 1. The van der Waals surface area contributed by atoms with Crippen LogP contribution in [0.1, 0.15) is 12.8 Å². The van der Waals surface area contributed by atoms with Crippen LogP contribution in [0.5, 0.6) is 0 Å². The molecule has 22 heavy (non-hydrogen) atoms. The van der Waals surface area contributed by atoms with Crippen LogP contribution >= 0.6 is 0 Å². The molecule has 0 atom stereocenters. The Hall–Kier alpha value is -1.79. The van der Waals surface area contributed by atoms with Crippen molar-refractivity contribution in [2.45, 2.75) is 18.6 Å². The van der Waals surface area contributed by atoms with Gasteiger partial charge in [-0.05, 0) is 18.6 Å². The van der Waals surface area contributed by atoms with Crippen molar-refractivity contribution in [1.82, 2.24) is 4.98 Å². The third-order valence-corrected chi connectivity index (χ3v) is 4.31. The zero-order valence-electron chi connectivity index (χ0n) is 12.0. The maximum Gasteiger partial charge on any atom is 0.186 e. The highest BCUT2D eigenvalue weighted by atomic mass is 19.1. The molecule has 1 aromatic carbocycles. The zero-order chi connectivity index (χ0) is 15.2. The normalized spacial score (nSPS) is 20.9. The van der Waals surface area contributed by atoms with Gasteiger partial charge in [0, 0.05) is 36.3 Å². The molecule has 3 heterocycles. The van der Waals surface area contributed by atoms with Crippen molar-refractivity contribution in [3.63, 3.8) is 0 Å². The van der Waals surface area contributed by atoms with Crippen molar-refractivity contribution in [1.29, 1.82) is 0 Å². The first-order valence-corrected chi connectivity index (χ1v) is 7.44. The van der Waals surface area contributed by atoms with E-state index < -0.39 is 17.4 Å². The summed E-state index contributed by atoms with van der Waals surface area (Å²) in [5, 5.41) is 0.482. The van der Waals surface area contributed by atoms with Crippen molar-refractivity contribution in [2.75, 3.05) is 31.2 Å². The van der Waals surface area contributed by atoms with Gasteiger partial charge in [-0.15, -0.1) is 0 Å². The lowest BCUT2D eigenvalue weighted by atomic mass is 10.0. The summed E-state index contributed by atoms with van der Waals surface area (Å²) in [5.41, 5.74) is 0.952. The Balaban J connectivity index is 1.77. The van der Waals surface area contributed by atoms with E-state index in [-0.39, 0.29) is 5.52 Å². The average molecular weight is 306 g/mol. The molecule has 0 radical (unpaired) electrons. The van der Waals surface area contributed by atoms with Gasteiger partial charge in [0.1, 0.15) is 11.3 Å². The Morgan fingerprint density at radius 3 is 2.82 bits per heavy atom. The predicted molar refractivity (Wildman–Crippen MR) is 77.7 cm³/mol. The number of hydrogen-bond donors (Lipinski definition) is 0. The molecule has 0 N–H and O–H groups in total. The lowest BCUT2D eigenvalue weighted by Crippen LogP contribution is -2.49. The topological polar surface area (TPSA) is 34.6 Å². The molecule has 4 rings (SSSR count). The highest BCUT2D eigenvalue weighted by Gasteiger charge is 2.41. The van der Waals surface area contributed by atoms with Crippen LogP contribution in [0, 0.1) is 11.6 Å². The van der Waals surface area contributed by atoms with Gasteiger partial charge in [-0.3, -0.25) is 4.98 Å². The molecule has 116 valence electrons. The Morgan fingerprint density at radius 1 is 1.18 bits per heavy atom. The first-order valence-electron chi connectivity index (χ1n) is 7.44. The number of halogens is 2. The van der Waals surface area contributed by atoms with Crippen molar-refractivity contribution < 1.29 is 18.3 Å². The number of fused-ring (bicyclic) bond motifs is 1. The van der Waals surface area contributed by atoms with Gasteiger partial charge in [0.15, 0.2) is 11.6 Å². The molecule has 6 heteroatoms. The van der Waals surface area contributed by atoms with Crippen LogP contribution in [0.4, 0.5) is 14.5 Å². The maximum absolute atomic E-state index is 13.9. The predicted octanol–water partition coefficient (Wildman–Crippen LogP) is 2.86. The minimum absolute atomic E-state index is 0.187. The van der Waals surface area contributed by atoms with Gasteiger partial charge in [0.2, 0.25) is 0 Å². The molecule has 2 saturated heterocycles. The number of nitrogens with zero attached hydrogens (tertiary/aromatic N) is 2. The molecule has 1 spiro atoms.